The lowest BCUT2D eigenvalue weighted by atomic mass is 10.0. The highest BCUT2D eigenvalue weighted by Gasteiger charge is 2.17. The van der Waals surface area contributed by atoms with Crippen molar-refractivity contribution in [2.24, 2.45) is 0 Å². The zero-order valence-corrected chi connectivity index (χ0v) is 25.8. The Labute approximate surface area is 264 Å². The predicted molar refractivity (Wildman–Crippen MR) is 183 cm³/mol. The summed E-state index contributed by atoms with van der Waals surface area (Å²) in [6.45, 7) is 0. The van der Waals surface area contributed by atoms with Gasteiger partial charge in [0.15, 0.2) is 0 Å². The second-order valence-electron chi connectivity index (χ2n) is 10.2. The molecule has 0 saturated heterocycles. The van der Waals surface area contributed by atoms with Gasteiger partial charge in [0.1, 0.15) is 20.2 Å². The molecule has 0 fully saturated rings. The smallest absolute Gasteiger partial charge is 0.106 e. The van der Waals surface area contributed by atoms with Crippen LogP contribution in [0.5, 0.6) is 0 Å². The number of fused-ring (bicyclic) bond motifs is 7. The monoisotopic (exact) mass is 681 g/mol. The summed E-state index contributed by atoms with van der Waals surface area (Å²) in [5.41, 5.74) is 10.3. The van der Waals surface area contributed by atoms with Crippen molar-refractivity contribution in [1.29, 1.82) is 0 Å². The van der Waals surface area contributed by atoms with Crippen LogP contribution >= 0.6 is 31.9 Å². The van der Waals surface area contributed by atoms with E-state index in [1.807, 2.05) is 48.5 Å². The summed E-state index contributed by atoms with van der Waals surface area (Å²) in [6.07, 6.45) is 0. The Bertz CT molecular complexity index is 2270. The van der Waals surface area contributed by atoms with Crippen molar-refractivity contribution < 1.29 is 0 Å². The van der Waals surface area contributed by atoms with E-state index < -0.39 is 0 Å². The molecule has 0 aliphatic heterocycles. The van der Waals surface area contributed by atoms with Crippen molar-refractivity contribution in [3.05, 3.63) is 137 Å². The lowest BCUT2D eigenvalue weighted by Crippen LogP contribution is -2.09. The number of aromatic nitrogens is 4. The second kappa shape index (κ2) is 10.5. The molecule has 3 heterocycles. The van der Waals surface area contributed by atoms with E-state index in [9.17, 15) is 0 Å². The van der Waals surface area contributed by atoms with E-state index in [4.69, 9.17) is 19.9 Å². The van der Waals surface area contributed by atoms with E-state index in [2.05, 4.69) is 116 Å². The minimum Gasteiger partial charge on any atom is -0.311 e. The number of hydrogen-bond acceptors (Lipinski definition) is 5. The van der Waals surface area contributed by atoms with E-state index in [1.165, 1.54) is 0 Å². The standard InChI is InChI=1S/C36H21Br2N5/c37-30-20-18-27-33-36(28-19-21-31(38)41-35(28)34(27)40-30)42-32-26(12-7-13-29(32)39-33)22-14-16-25(17-15-22)43(23-8-3-1-4-9-23)24-10-5-2-6-11-24/h1-21H. The molecule has 8 rings (SSSR count). The Morgan fingerprint density at radius 3 is 1.49 bits per heavy atom. The van der Waals surface area contributed by atoms with Gasteiger partial charge in [-0.25, -0.2) is 19.9 Å². The van der Waals surface area contributed by atoms with Crippen LogP contribution in [-0.4, -0.2) is 19.9 Å². The van der Waals surface area contributed by atoms with E-state index in [0.717, 1.165) is 81.3 Å². The van der Waals surface area contributed by atoms with Gasteiger partial charge in [0.05, 0.1) is 22.1 Å². The molecule has 43 heavy (non-hydrogen) atoms. The Kier molecular flexibility index (Phi) is 6.35. The van der Waals surface area contributed by atoms with Gasteiger partial charge in [0.25, 0.3) is 0 Å². The highest BCUT2D eigenvalue weighted by Crippen LogP contribution is 2.38. The Morgan fingerprint density at radius 1 is 0.395 bits per heavy atom. The van der Waals surface area contributed by atoms with Gasteiger partial charge in [-0.1, -0.05) is 60.7 Å². The molecule has 0 aliphatic rings. The van der Waals surface area contributed by atoms with Crippen molar-refractivity contribution in [2.75, 3.05) is 4.90 Å². The zero-order valence-electron chi connectivity index (χ0n) is 22.6. The first-order valence-electron chi connectivity index (χ1n) is 13.8. The summed E-state index contributed by atoms with van der Waals surface area (Å²) < 4.78 is 1.50. The van der Waals surface area contributed by atoms with Gasteiger partial charge in [-0.05, 0) is 104 Å². The van der Waals surface area contributed by atoms with Crippen molar-refractivity contribution in [3.63, 3.8) is 0 Å². The molecule has 5 aromatic carbocycles. The fourth-order valence-corrected chi connectivity index (χ4v) is 6.31. The molecule has 0 spiro atoms. The molecule has 0 amide bonds. The van der Waals surface area contributed by atoms with Crippen molar-refractivity contribution in [1.82, 2.24) is 19.9 Å². The molecule has 0 bridgehead atoms. The molecular weight excluding hydrogens is 662 g/mol. The number of halogens is 2. The molecule has 0 aliphatic carbocycles. The molecule has 0 saturated carbocycles. The number of nitrogens with zero attached hydrogens (tertiary/aromatic N) is 5. The van der Waals surface area contributed by atoms with Gasteiger partial charge in [-0.3, -0.25) is 0 Å². The Hall–Kier alpha value is -4.72. The summed E-state index contributed by atoms with van der Waals surface area (Å²) >= 11 is 7.06. The number of rotatable bonds is 4. The zero-order chi connectivity index (χ0) is 28.9. The molecule has 3 aromatic heterocycles. The minimum absolute atomic E-state index is 0.747. The molecule has 0 unspecified atom stereocenters. The van der Waals surface area contributed by atoms with Crippen LogP contribution in [0, 0.1) is 0 Å². The Balaban J connectivity index is 1.31. The van der Waals surface area contributed by atoms with E-state index in [0.29, 0.717) is 0 Å². The summed E-state index contributed by atoms with van der Waals surface area (Å²) in [5.74, 6) is 0. The fourth-order valence-electron chi connectivity index (χ4n) is 5.69. The lowest BCUT2D eigenvalue weighted by Gasteiger charge is -2.25. The van der Waals surface area contributed by atoms with Crippen molar-refractivity contribution in [3.8, 4) is 11.1 Å². The fraction of sp³-hybridized carbons (Fsp3) is 0. The molecule has 0 atom stereocenters. The first-order chi connectivity index (χ1) is 21.1. The van der Waals surface area contributed by atoms with Crippen LogP contribution in [0.25, 0.3) is 55.0 Å². The predicted octanol–water partition coefficient (Wildman–Crippen LogP) is 10.5. The lowest BCUT2D eigenvalue weighted by molar-refractivity contribution is 1.28. The molecule has 5 nitrogen and oxygen atoms in total. The summed E-state index contributed by atoms with van der Waals surface area (Å²) in [6, 6.07) is 43.6. The molecule has 8 aromatic rings. The number of pyridine rings is 2. The van der Waals surface area contributed by atoms with Crippen molar-refractivity contribution >= 4 is 92.8 Å². The van der Waals surface area contributed by atoms with Gasteiger partial charge in [-0.15, -0.1) is 0 Å². The SMILES string of the molecule is Brc1ccc2c(n1)c1nc(Br)ccc1c1nc3c(-c4ccc(N(c5ccccc5)c5ccccc5)cc4)cccc3nc21. The highest BCUT2D eigenvalue weighted by atomic mass is 79.9. The topological polar surface area (TPSA) is 54.8 Å². The van der Waals surface area contributed by atoms with Gasteiger partial charge in [0, 0.05) is 33.4 Å². The van der Waals surface area contributed by atoms with Gasteiger partial charge in [-0.2, -0.15) is 0 Å². The van der Waals surface area contributed by atoms with Gasteiger partial charge < -0.3 is 4.90 Å². The van der Waals surface area contributed by atoms with Crippen LogP contribution in [0.2, 0.25) is 0 Å². The highest BCUT2D eigenvalue weighted by molar-refractivity contribution is 9.10. The number of benzene rings is 5. The van der Waals surface area contributed by atoms with E-state index >= 15 is 0 Å². The van der Waals surface area contributed by atoms with Crippen molar-refractivity contribution in [2.45, 2.75) is 0 Å². The number of para-hydroxylation sites is 3. The normalized spacial score (nSPS) is 11.5. The molecule has 7 heteroatoms. The average Bonchev–Trinajstić information content (AvgIpc) is 3.05. The molecule has 204 valence electrons. The molecule has 0 N–H and O–H groups in total. The maximum Gasteiger partial charge on any atom is 0.106 e. The maximum atomic E-state index is 5.27. The van der Waals surface area contributed by atoms with Crippen LogP contribution < -0.4 is 4.90 Å². The minimum atomic E-state index is 0.747. The largest absolute Gasteiger partial charge is 0.311 e. The van der Waals surface area contributed by atoms with Crippen LogP contribution in [0.3, 0.4) is 0 Å². The third-order valence-corrected chi connectivity index (χ3v) is 8.50. The number of anilines is 3. The average molecular weight is 683 g/mol. The van der Waals surface area contributed by atoms with Crippen LogP contribution in [-0.2, 0) is 0 Å². The second-order valence-corrected chi connectivity index (χ2v) is 11.8. The van der Waals surface area contributed by atoms with Gasteiger partial charge >= 0.3 is 0 Å². The third-order valence-electron chi connectivity index (χ3n) is 7.62. The van der Waals surface area contributed by atoms with Crippen LogP contribution in [0.1, 0.15) is 0 Å². The first-order valence-corrected chi connectivity index (χ1v) is 15.4. The quantitative estimate of drug-likeness (QED) is 0.105. The molecule has 0 radical (unpaired) electrons. The van der Waals surface area contributed by atoms with E-state index in [-0.39, 0.29) is 0 Å². The maximum absolute atomic E-state index is 5.27. The number of hydrogen-bond donors (Lipinski definition) is 0. The van der Waals surface area contributed by atoms with Gasteiger partial charge in [0.2, 0.25) is 0 Å². The Morgan fingerprint density at radius 2 is 0.907 bits per heavy atom. The summed E-state index contributed by atoms with van der Waals surface area (Å²) in [4.78, 5) is 22.2. The van der Waals surface area contributed by atoms with Crippen LogP contribution in [0.15, 0.2) is 137 Å². The third kappa shape index (κ3) is 4.52. The van der Waals surface area contributed by atoms with Crippen LogP contribution in [0.4, 0.5) is 17.1 Å². The first kappa shape index (κ1) is 25.9. The van der Waals surface area contributed by atoms with E-state index in [1.54, 1.807) is 0 Å². The summed E-state index contributed by atoms with van der Waals surface area (Å²) in [5, 5.41) is 1.83. The molecular formula is C36H21Br2N5. The summed E-state index contributed by atoms with van der Waals surface area (Å²) in [7, 11) is 0.